The molecule has 0 bridgehead atoms. The molecule has 3 aromatic rings. The summed E-state index contributed by atoms with van der Waals surface area (Å²) in [7, 11) is 0. The molecule has 0 aliphatic carbocycles. The molecule has 0 spiro atoms. The zero-order valence-electron chi connectivity index (χ0n) is 10.9. The van der Waals surface area contributed by atoms with Crippen molar-refractivity contribution in [3.05, 3.63) is 71.9 Å². The van der Waals surface area contributed by atoms with Crippen molar-refractivity contribution in [1.29, 1.82) is 0 Å². The van der Waals surface area contributed by atoms with E-state index in [4.69, 9.17) is 16.3 Å². The summed E-state index contributed by atoms with van der Waals surface area (Å²) in [6.07, 6.45) is 1.80. The lowest BCUT2D eigenvalue weighted by Gasteiger charge is -2.10. The van der Waals surface area contributed by atoms with E-state index in [-0.39, 0.29) is 0 Å². The van der Waals surface area contributed by atoms with Crippen LogP contribution in [-0.2, 0) is 12.5 Å². The van der Waals surface area contributed by atoms with Gasteiger partial charge in [-0.25, -0.2) is 0 Å². The molecule has 20 heavy (non-hydrogen) atoms. The monoisotopic (exact) mass is 283 g/mol. The Kier molecular flexibility index (Phi) is 3.84. The lowest BCUT2D eigenvalue weighted by atomic mass is 10.1. The second-order valence-corrected chi connectivity index (χ2v) is 4.83. The SMILES string of the molecule is ClCc1ccccc1OCc1ccc2ncccc2c1. The summed E-state index contributed by atoms with van der Waals surface area (Å²) in [6, 6.07) is 18.0. The largest absolute Gasteiger partial charge is 0.489 e. The van der Waals surface area contributed by atoms with Crippen LogP contribution in [0, 0.1) is 0 Å². The Hall–Kier alpha value is -2.06. The number of nitrogens with zero attached hydrogens (tertiary/aromatic N) is 1. The summed E-state index contributed by atoms with van der Waals surface area (Å²) >= 11 is 5.90. The highest BCUT2D eigenvalue weighted by molar-refractivity contribution is 6.17. The Morgan fingerprint density at radius 3 is 2.80 bits per heavy atom. The summed E-state index contributed by atoms with van der Waals surface area (Å²) in [5.74, 6) is 1.30. The first-order valence-corrected chi connectivity index (χ1v) is 7.00. The molecule has 0 atom stereocenters. The van der Waals surface area contributed by atoms with Gasteiger partial charge in [-0.05, 0) is 29.8 Å². The molecule has 0 unspecified atom stereocenters. The van der Waals surface area contributed by atoms with Crippen LogP contribution in [0.25, 0.3) is 10.9 Å². The number of aromatic nitrogens is 1. The van der Waals surface area contributed by atoms with Crippen LogP contribution in [0.4, 0.5) is 0 Å². The molecule has 3 rings (SSSR count). The quantitative estimate of drug-likeness (QED) is 0.655. The molecule has 0 fully saturated rings. The minimum absolute atomic E-state index is 0.456. The predicted molar refractivity (Wildman–Crippen MR) is 82.1 cm³/mol. The van der Waals surface area contributed by atoms with Crippen LogP contribution in [0.2, 0.25) is 0 Å². The lowest BCUT2D eigenvalue weighted by molar-refractivity contribution is 0.304. The van der Waals surface area contributed by atoms with Gasteiger partial charge in [0.2, 0.25) is 0 Å². The summed E-state index contributed by atoms with van der Waals surface area (Å²) in [5.41, 5.74) is 3.13. The van der Waals surface area contributed by atoms with Crippen molar-refractivity contribution >= 4 is 22.5 Å². The van der Waals surface area contributed by atoms with Gasteiger partial charge in [0.05, 0.1) is 11.4 Å². The number of halogens is 1. The van der Waals surface area contributed by atoms with E-state index in [0.29, 0.717) is 12.5 Å². The highest BCUT2D eigenvalue weighted by atomic mass is 35.5. The molecular formula is C17H14ClNO. The molecule has 0 aliphatic heterocycles. The molecule has 0 N–H and O–H groups in total. The van der Waals surface area contributed by atoms with E-state index in [2.05, 4.69) is 17.1 Å². The molecule has 0 amide bonds. The molecule has 2 aromatic carbocycles. The fraction of sp³-hybridized carbons (Fsp3) is 0.118. The van der Waals surface area contributed by atoms with Gasteiger partial charge in [-0.3, -0.25) is 4.98 Å². The van der Waals surface area contributed by atoms with E-state index in [1.54, 1.807) is 6.20 Å². The van der Waals surface area contributed by atoms with Crippen LogP contribution in [0.15, 0.2) is 60.8 Å². The highest BCUT2D eigenvalue weighted by Gasteiger charge is 2.03. The third-order valence-electron chi connectivity index (χ3n) is 3.18. The number of fused-ring (bicyclic) bond motifs is 1. The Labute approximate surface area is 123 Å². The van der Waals surface area contributed by atoms with Gasteiger partial charge in [-0.2, -0.15) is 0 Å². The van der Waals surface area contributed by atoms with Crippen LogP contribution in [0.3, 0.4) is 0 Å². The minimum atomic E-state index is 0.456. The van der Waals surface area contributed by atoms with Crippen LogP contribution in [0.1, 0.15) is 11.1 Å². The summed E-state index contributed by atoms with van der Waals surface area (Å²) in [6.45, 7) is 0.527. The fourth-order valence-electron chi connectivity index (χ4n) is 2.13. The van der Waals surface area contributed by atoms with E-state index in [0.717, 1.165) is 27.8 Å². The molecular weight excluding hydrogens is 270 g/mol. The average Bonchev–Trinajstić information content (AvgIpc) is 2.53. The van der Waals surface area contributed by atoms with Gasteiger partial charge in [0, 0.05) is 17.1 Å². The number of hydrogen-bond acceptors (Lipinski definition) is 2. The zero-order valence-corrected chi connectivity index (χ0v) is 11.7. The number of pyridine rings is 1. The van der Waals surface area contributed by atoms with Gasteiger partial charge in [0.25, 0.3) is 0 Å². The van der Waals surface area contributed by atoms with Crippen LogP contribution in [0.5, 0.6) is 5.75 Å². The molecule has 100 valence electrons. The van der Waals surface area contributed by atoms with E-state index in [1.807, 2.05) is 42.5 Å². The Bertz CT molecular complexity index is 727. The minimum Gasteiger partial charge on any atom is -0.489 e. The van der Waals surface area contributed by atoms with E-state index in [1.165, 1.54) is 0 Å². The summed E-state index contributed by atoms with van der Waals surface area (Å²) in [5, 5.41) is 1.12. The second-order valence-electron chi connectivity index (χ2n) is 4.56. The number of alkyl halides is 1. The standard InChI is InChI=1S/C17H14ClNO/c18-11-15-4-1-2-6-17(15)20-12-13-7-8-16-14(10-13)5-3-9-19-16/h1-10H,11-12H2. The van der Waals surface area contributed by atoms with Gasteiger partial charge >= 0.3 is 0 Å². The number of para-hydroxylation sites is 1. The number of benzene rings is 2. The molecule has 2 nitrogen and oxygen atoms in total. The third kappa shape index (κ3) is 2.75. The van der Waals surface area contributed by atoms with Crippen molar-refractivity contribution in [2.75, 3.05) is 0 Å². The van der Waals surface area contributed by atoms with Crippen LogP contribution >= 0.6 is 11.6 Å². The first kappa shape index (κ1) is 12.9. The Morgan fingerprint density at radius 1 is 1.00 bits per heavy atom. The number of rotatable bonds is 4. The number of ether oxygens (including phenoxy) is 1. The smallest absolute Gasteiger partial charge is 0.124 e. The zero-order chi connectivity index (χ0) is 13.8. The molecule has 3 heteroatoms. The molecule has 1 heterocycles. The second kappa shape index (κ2) is 5.93. The number of hydrogen-bond donors (Lipinski definition) is 0. The van der Waals surface area contributed by atoms with Gasteiger partial charge in [-0.1, -0.05) is 30.3 Å². The topological polar surface area (TPSA) is 22.1 Å². The van der Waals surface area contributed by atoms with Gasteiger partial charge in [-0.15, -0.1) is 11.6 Å². The van der Waals surface area contributed by atoms with E-state index < -0.39 is 0 Å². The van der Waals surface area contributed by atoms with Crippen LogP contribution < -0.4 is 4.74 Å². The third-order valence-corrected chi connectivity index (χ3v) is 3.47. The van der Waals surface area contributed by atoms with E-state index in [9.17, 15) is 0 Å². The van der Waals surface area contributed by atoms with Gasteiger partial charge < -0.3 is 4.74 Å². The maximum absolute atomic E-state index is 5.90. The van der Waals surface area contributed by atoms with Crippen molar-refractivity contribution in [1.82, 2.24) is 4.98 Å². The fourth-order valence-corrected chi connectivity index (χ4v) is 2.35. The van der Waals surface area contributed by atoms with Crippen LogP contribution in [-0.4, -0.2) is 4.98 Å². The van der Waals surface area contributed by atoms with Crippen molar-refractivity contribution in [3.8, 4) is 5.75 Å². The van der Waals surface area contributed by atoms with Crippen molar-refractivity contribution in [2.45, 2.75) is 12.5 Å². The van der Waals surface area contributed by atoms with Crippen molar-refractivity contribution in [2.24, 2.45) is 0 Å². The first-order valence-electron chi connectivity index (χ1n) is 6.47. The lowest BCUT2D eigenvalue weighted by Crippen LogP contribution is -1.97. The van der Waals surface area contributed by atoms with Gasteiger partial charge in [0.1, 0.15) is 12.4 Å². The highest BCUT2D eigenvalue weighted by Crippen LogP contribution is 2.21. The molecule has 1 aromatic heterocycles. The molecule has 0 saturated carbocycles. The van der Waals surface area contributed by atoms with Crippen molar-refractivity contribution in [3.63, 3.8) is 0 Å². The van der Waals surface area contributed by atoms with Gasteiger partial charge in [0.15, 0.2) is 0 Å². The predicted octanol–water partition coefficient (Wildman–Crippen LogP) is 4.55. The first-order chi connectivity index (χ1) is 9.86. The maximum atomic E-state index is 5.90. The Balaban J connectivity index is 1.79. The molecule has 0 aliphatic rings. The van der Waals surface area contributed by atoms with Crippen molar-refractivity contribution < 1.29 is 4.74 Å². The summed E-state index contributed by atoms with van der Waals surface area (Å²) < 4.78 is 5.86. The normalized spacial score (nSPS) is 10.7. The summed E-state index contributed by atoms with van der Waals surface area (Å²) in [4.78, 5) is 4.31. The molecule has 0 saturated heterocycles. The average molecular weight is 284 g/mol. The van der Waals surface area contributed by atoms with E-state index >= 15 is 0 Å². The maximum Gasteiger partial charge on any atom is 0.124 e. The Morgan fingerprint density at radius 2 is 1.90 bits per heavy atom. The molecule has 0 radical (unpaired) electrons.